The summed E-state index contributed by atoms with van der Waals surface area (Å²) >= 11 is 5.92. The summed E-state index contributed by atoms with van der Waals surface area (Å²) in [5.74, 6) is 1.34. The van der Waals surface area contributed by atoms with Crippen LogP contribution in [0.4, 0.5) is 10.5 Å². The summed E-state index contributed by atoms with van der Waals surface area (Å²) in [5.41, 5.74) is 0.296. The number of aromatic hydroxyl groups is 1. The van der Waals surface area contributed by atoms with Gasteiger partial charge in [0.05, 0.1) is 12.2 Å². The first-order valence-electron chi connectivity index (χ1n) is 10.2. The van der Waals surface area contributed by atoms with E-state index < -0.39 is 0 Å². The second kappa shape index (κ2) is 8.91. The fraction of sp³-hybridized carbons (Fsp3) is 0.500. The topological polar surface area (TPSA) is 112 Å². The molecule has 3 heterocycles. The predicted octanol–water partition coefficient (Wildman–Crippen LogP) is 2.53. The number of nitrogens with zero attached hydrogens (tertiary/aromatic N) is 4. The van der Waals surface area contributed by atoms with E-state index in [1.54, 1.807) is 11.0 Å². The summed E-state index contributed by atoms with van der Waals surface area (Å²) < 4.78 is 2.09. The second-order valence-corrected chi connectivity index (χ2v) is 8.15. The zero-order valence-corrected chi connectivity index (χ0v) is 17.4. The van der Waals surface area contributed by atoms with E-state index in [9.17, 15) is 14.7 Å². The van der Waals surface area contributed by atoms with E-state index in [2.05, 4.69) is 25.4 Å². The normalized spacial score (nSPS) is 16.8. The number of fused-ring (bicyclic) bond motifs is 1. The molecule has 2 aliphatic rings. The van der Waals surface area contributed by atoms with Gasteiger partial charge in [0.1, 0.15) is 11.6 Å². The van der Waals surface area contributed by atoms with Crippen molar-refractivity contribution in [3.8, 4) is 5.75 Å². The van der Waals surface area contributed by atoms with Crippen LogP contribution in [-0.2, 0) is 24.3 Å². The van der Waals surface area contributed by atoms with Crippen LogP contribution in [-0.4, -0.2) is 49.8 Å². The molecular weight excluding hydrogens is 408 g/mol. The molecule has 1 fully saturated rings. The fourth-order valence-electron chi connectivity index (χ4n) is 3.95. The molecule has 4 rings (SSSR count). The van der Waals surface area contributed by atoms with E-state index in [0.717, 1.165) is 37.5 Å². The number of phenolic OH excluding ortho intramolecular Hbond substituents is 1. The zero-order chi connectivity index (χ0) is 21.1. The largest absolute Gasteiger partial charge is 0.506 e. The number of benzene rings is 1. The van der Waals surface area contributed by atoms with Gasteiger partial charge in [0.25, 0.3) is 0 Å². The van der Waals surface area contributed by atoms with Gasteiger partial charge in [0, 0.05) is 37.0 Å². The number of piperidine rings is 1. The highest BCUT2D eigenvalue weighted by Crippen LogP contribution is 2.28. The number of carbonyl (C=O) groups excluding carboxylic acids is 2. The smallest absolute Gasteiger partial charge is 0.317 e. The maximum absolute atomic E-state index is 12.5. The maximum atomic E-state index is 12.5. The molecule has 0 aliphatic carbocycles. The first-order chi connectivity index (χ1) is 14.5. The minimum absolute atomic E-state index is 0.0276. The lowest BCUT2D eigenvalue weighted by atomic mass is 9.96. The second-order valence-electron chi connectivity index (χ2n) is 7.71. The molecule has 0 atom stereocenters. The van der Waals surface area contributed by atoms with Gasteiger partial charge in [-0.1, -0.05) is 11.6 Å². The molecular formula is C20H25ClN6O3. The van der Waals surface area contributed by atoms with Crippen molar-refractivity contribution >= 4 is 29.2 Å². The van der Waals surface area contributed by atoms with E-state index in [1.807, 2.05) is 0 Å². The van der Waals surface area contributed by atoms with E-state index in [0.29, 0.717) is 43.2 Å². The van der Waals surface area contributed by atoms with Gasteiger partial charge in [0.15, 0.2) is 5.82 Å². The van der Waals surface area contributed by atoms with Crippen molar-refractivity contribution in [3.05, 3.63) is 34.9 Å². The lowest BCUT2D eigenvalue weighted by Gasteiger charge is -2.31. The van der Waals surface area contributed by atoms with Gasteiger partial charge < -0.3 is 25.2 Å². The van der Waals surface area contributed by atoms with Crippen molar-refractivity contribution in [1.82, 2.24) is 25.0 Å². The number of amides is 3. The molecule has 0 spiro atoms. The van der Waals surface area contributed by atoms with Gasteiger partial charge >= 0.3 is 6.03 Å². The van der Waals surface area contributed by atoms with E-state index >= 15 is 0 Å². The van der Waals surface area contributed by atoms with Crippen molar-refractivity contribution in [2.45, 2.75) is 45.2 Å². The van der Waals surface area contributed by atoms with Crippen molar-refractivity contribution in [2.75, 3.05) is 18.4 Å². The number of aryl methyl sites for hydroxylation is 1. The maximum Gasteiger partial charge on any atom is 0.317 e. The van der Waals surface area contributed by atoms with Crippen LogP contribution in [0.2, 0.25) is 5.02 Å². The number of anilines is 1. The first kappa shape index (κ1) is 20.5. The summed E-state index contributed by atoms with van der Waals surface area (Å²) in [6.07, 6.45) is 4.28. The van der Waals surface area contributed by atoms with Gasteiger partial charge in [-0.15, -0.1) is 10.2 Å². The number of hydrogen-bond donors (Lipinski definition) is 3. The SMILES string of the molecule is O=C(Nc1cc(Cl)ccc1O)C1CCN(C(=O)NCc2nnc3n2CCCC3)CC1. The molecule has 1 aromatic heterocycles. The number of phenols is 1. The molecule has 160 valence electrons. The van der Waals surface area contributed by atoms with Crippen LogP contribution in [0, 0.1) is 5.92 Å². The Morgan fingerprint density at radius 3 is 2.77 bits per heavy atom. The number of rotatable bonds is 4. The molecule has 3 amide bonds. The predicted molar refractivity (Wildman–Crippen MR) is 111 cm³/mol. The molecule has 0 unspecified atom stereocenters. The Labute approximate surface area is 179 Å². The minimum Gasteiger partial charge on any atom is -0.506 e. The van der Waals surface area contributed by atoms with Crippen LogP contribution in [0.5, 0.6) is 5.75 Å². The Hall–Kier alpha value is -2.81. The summed E-state index contributed by atoms with van der Waals surface area (Å²) in [6, 6.07) is 4.35. The summed E-state index contributed by atoms with van der Waals surface area (Å²) in [5, 5.41) is 24.3. The third kappa shape index (κ3) is 4.51. The standard InChI is InChI=1S/C20H25ClN6O3/c21-14-4-5-16(28)15(11-14)23-19(29)13-6-9-26(10-7-13)20(30)22-12-18-25-24-17-3-1-2-8-27(17)18/h4-5,11,13,28H,1-3,6-10,12H2,(H,22,30)(H,23,29). The molecule has 2 aliphatic heterocycles. The Bertz CT molecular complexity index is 939. The van der Waals surface area contributed by atoms with Crippen molar-refractivity contribution < 1.29 is 14.7 Å². The number of aromatic nitrogens is 3. The third-order valence-corrected chi connectivity index (χ3v) is 5.94. The quantitative estimate of drug-likeness (QED) is 0.642. The molecule has 0 bridgehead atoms. The van der Waals surface area contributed by atoms with E-state index in [-0.39, 0.29) is 23.6 Å². The molecule has 30 heavy (non-hydrogen) atoms. The third-order valence-electron chi connectivity index (χ3n) is 5.70. The highest BCUT2D eigenvalue weighted by atomic mass is 35.5. The molecule has 2 aromatic rings. The Balaban J connectivity index is 1.25. The number of hydrogen-bond acceptors (Lipinski definition) is 5. The van der Waals surface area contributed by atoms with Gasteiger partial charge in [-0.3, -0.25) is 4.79 Å². The molecule has 1 saturated heterocycles. The van der Waals surface area contributed by atoms with Gasteiger partial charge in [-0.25, -0.2) is 4.79 Å². The molecule has 0 saturated carbocycles. The average Bonchev–Trinajstić information content (AvgIpc) is 3.18. The van der Waals surface area contributed by atoms with Crippen LogP contribution in [0.1, 0.15) is 37.3 Å². The lowest BCUT2D eigenvalue weighted by Crippen LogP contribution is -2.46. The lowest BCUT2D eigenvalue weighted by molar-refractivity contribution is -0.121. The average molecular weight is 433 g/mol. The molecule has 10 heteroatoms. The summed E-state index contributed by atoms with van der Waals surface area (Å²) in [4.78, 5) is 26.8. The molecule has 9 nitrogen and oxygen atoms in total. The number of urea groups is 1. The van der Waals surface area contributed by atoms with Crippen LogP contribution in [0.15, 0.2) is 18.2 Å². The highest BCUT2D eigenvalue weighted by Gasteiger charge is 2.28. The number of likely N-dealkylation sites (tertiary alicyclic amines) is 1. The Morgan fingerprint density at radius 1 is 1.17 bits per heavy atom. The number of halogens is 1. The number of carbonyl (C=O) groups is 2. The van der Waals surface area contributed by atoms with Gasteiger partial charge in [0.2, 0.25) is 5.91 Å². The highest BCUT2D eigenvalue weighted by molar-refractivity contribution is 6.31. The van der Waals surface area contributed by atoms with Crippen LogP contribution < -0.4 is 10.6 Å². The van der Waals surface area contributed by atoms with Crippen molar-refractivity contribution in [3.63, 3.8) is 0 Å². The fourth-order valence-corrected chi connectivity index (χ4v) is 4.13. The molecule has 0 radical (unpaired) electrons. The Morgan fingerprint density at radius 2 is 1.97 bits per heavy atom. The first-order valence-corrected chi connectivity index (χ1v) is 10.6. The number of nitrogens with one attached hydrogen (secondary N) is 2. The Kier molecular flexibility index (Phi) is 6.08. The summed E-state index contributed by atoms with van der Waals surface area (Å²) in [7, 11) is 0. The molecule has 1 aromatic carbocycles. The monoisotopic (exact) mass is 432 g/mol. The van der Waals surface area contributed by atoms with Crippen LogP contribution >= 0.6 is 11.6 Å². The van der Waals surface area contributed by atoms with Crippen LogP contribution in [0.3, 0.4) is 0 Å². The molecule has 3 N–H and O–H groups in total. The minimum atomic E-state index is -0.226. The van der Waals surface area contributed by atoms with Gasteiger partial charge in [-0.05, 0) is 43.9 Å². The van der Waals surface area contributed by atoms with E-state index in [4.69, 9.17) is 11.6 Å². The zero-order valence-electron chi connectivity index (χ0n) is 16.6. The van der Waals surface area contributed by atoms with Crippen LogP contribution in [0.25, 0.3) is 0 Å². The van der Waals surface area contributed by atoms with Crippen molar-refractivity contribution in [1.29, 1.82) is 0 Å². The summed E-state index contributed by atoms with van der Waals surface area (Å²) in [6.45, 7) is 2.23. The van der Waals surface area contributed by atoms with Gasteiger partial charge in [-0.2, -0.15) is 0 Å². The van der Waals surface area contributed by atoms with Crippen molar-refractivity contribution in [2.24, 2.45) is 5.92 Å². The van der Waals surface area contributed by atoms with E-state index in [1.165, 1.54) is 12.1 Å².